The number of nitrogens with zero attached hydrogens (tertiary/aromatic N) is 6. The van der Waals surface area contributed by atoms with Crippen LogP contribution in [0.3, 0.4) is 0 Å². The number of rotatable bonds is 3. The minimum absolute atomic E-state index is 0.0855. The molecule has 2 unspecified atom stereocenters. The van der Waals surface area contributed by atoms with Crippen LogP contribution >= 0.6 is 0 Å². The maximum atomic E-state index is 14.0. The first kappa shape index (κ1) is 21.6. The molecule has 0 spiro atoms. The molecule has 2 aliphatic heterocycles. The van der Waals surface area contributed by atoms with Crippen LogP contribution in [0.5, 0.6) is 0 Å². The molecule has 2 aliphatic rings. The Balaban J connectivity index is 1.37. The maximum absolute atomic E-state index is 14.0. The van der Waals surface area contributed by atoms with Gasteiger partial charge in [0.25, 0.3) is 5.91 Å². The summed E-state index contributed by atoms with van der Waals surface area (Å²) in [6.07, 6.45) is 7.97. The van der Waals surface area contributed by atoms with E-state index in [1.54, 1.807) is 53.2 Å². The van der Waals surface area contributed by atoms with Crippen molar-refractivity contribution in [3.05, 3.63) is 83.2 Å². The molecule has 10 heteroatoms. The molecule has 0 aliphatic carbocycles. The first-order chi connectivity index (χ1) is 16.9. The fourth-order valence-corrected chi connectivity index (χ4v) is 5.40. The van der Waals surface area contributed by atoms with Gasteiger partial charge in [-0.1, -0.05) is 0 Å². The number of hydrogen-bond acceptors (Lipinski definition) is 4. The van der Waals surface area contributed by atoms with Crippen molar-refractivity contribution in [2.24, 2.45) is 7.05 Å². The Labute approximate surface area is 198 Å². The molecule has 1 amide bonds. The van der Waals surface area contributed by atoms with Crippen molar-refractivity contribution in [2.45, 2.75) is 37.8 Å². The van der Waals surface area contributed by atoms with Crippen LogP contribution < -0.4 is 0 Å². The van der Waals surface area contributed by atoms with Gasteiger partial charge in [-0.2, -0.15) is 10.2 Å². The van der Waals surface area contributed by atoms with Crippen LogP contribution in [0.4, 0.5) is 13.2 Å². The molecular weight excluding hydrogens is 457 g/mol. The van der Waals surface area contributed by atoms with Crippen LogP contribution in [0.2, 0.25) is 0 Å². The number of carbonyl (C=O) groups excluding carboxylic acids is 1. The number of benzene rings is 1. The second-order valence-corrected chi connectivity index (χ2v) is 8.96. The van der Waals surface area contributed by atoms with Gasteiger partial charge < -0.3 is 4.90 Å². The molecule has 1 fully saturated rings. The van der Waals surface area contributed by atoms with E-state index in [9.17, 15) is 18.0 Å². The molecule has 1 aromatic carbocycles. The van der Waals surface area contributed by atoms with Gasteiger partial charge in [0.05, 0.1) is 23.0 Å². The first-order valence-corrected chi connectivity index (χ1v) is 11.4. The number of hydrogen-bond donors (Lipinski definition) is 0. The molecule has 0 saturated carbocycles. The zero-order chi connectivity index (χ0) is 24.3. The van der Waals surface area contributed by atoms with Gasteiger partial charge in [0.2, 0.25) is 0 Å². The predicted octanol–water partition coefficient (Wildman–Crippen LogP) is 4.38. The molecule has 178 valence electrons. The van der Waals surface area contributed by atoms with E-state index < -0.39 is 17.5 Å². The molecule has 6 rings (SSSR count). The summed E-state index contributed by atoms with van der Waals surface area (Å²) in [7, 11) is 1.70. The lowest BCUT2D eigenvalue weighted by Gasteiger charge is -2.45. The predicted molar refractivity (Wildman–Crippen MR) is 120 cm³/mol. The Morgan fingerprint density at radius 3 is 2.60 bits per heavy atom. The van der Waals surface area contributed by atoms with Crippen LogP contribution in [-0.2, 0) is 13.5 Å². The molecule has 2 atom stereocenters. The normalized spacial score (nSPS) is 19.0. The van der Waals surface area contributed by atoms with Crippen LogP contribution in [0.15, 0.2) is 48.9 Å². The number of carbonyl (C=O) groups is 1. The van der Waals surface area contributed by atoms with E-state index in [-0.39, 0.29) is 23.6 Å². The third-order valence-electron chi connectivity index (χ3n) is 6.90. The van der Waals surface area contributed by atoms with Crippen LogP contribution in [0, 0.1) is 17.5 Å². The number of pyridine rings is 1. The zero-order valence-corrected chi connectivity index (χ0v) is 18.8. The van der Waals surface area contributed by atoms with Crippen molar-refractivity contribution >= 4 is 5.91 Å². The molecule has 0 N–H and O–H groups in total. The molecule has 0 radical (unpaired) electrons. The standard InChI is InChI=1S/C25H21F3N6O/c1-32-24(15-10-18(26)22(28)19(27)11-15)17-12-16-4-2-5-20(23(17)31-32)34(16)25(35)14-6-7-21(29-13-14)33-9-3-8-30-33/h3,6-11,13,16,20H,2,4-5,12H2,1H3. The van der Waals surface area contributed by atoms with Gasteiger partial charge in [-0.3, -0.25) is 9.48 Å². The summed E-state index contributed by atoms with van der Waals surface area (Å²) in [5.74, 6) is -3.50. The summed E-state index contributed by atoms with van der Waals surface area (Å²) in [5, 5.41) is 8.82. The van der Waals surface area contributed by atoms with E-state index in [2.05, 4.69) is 15.2 Å². The van der Waals surface area contributed by atoms with Crippen LogP contribution in [-0.4, -0.2) is 41.4 Å². The lowest BCUT2D eigenvalue weighted by atomic mass is 9.81. The Bertz CT molecular complexity index is 1410. The minimum atomic E-state index is -1.49. The van der Waals surface area contributed by atoms with Gasteiger partial charge >= 0.3 is 0 Å². The molecular formula is C25H21F3N6O. The maximum Gasteiger partial charge on any atom is 0.256 e. The topological polar surface area (TPSA) is 68.8 Å². The van der Waals surface area contributed by atoms with E-state index in [1.807, 2.05) is 4.90 Å². The van der Waals surface area contributed by atoms with Crippen molar-refractivity contribution < 1.29 is 18.0 Å². The van der Waals surface area contributed by atoms with Gasteiger partial charge in [-0.15, -0.1) is 0 Å². The van der Waals surface area contributed by atoms with E-state index in [1.165, 1.54) is 0 Å². The number of aryl methyl sites for hydroxylation is 1. The zero-order valence-electron chi connectivity index (χ0n) is 18.8. The van der Waals surface area contributed by atoms with Gasteiger partial charge in [0.1, 0.15) is 0 Å². The highest BCUT2D eigenvalue weighted by molar-refractivity contribution is 5.95. The van der Waals surface area contributed by atoms with Crippen LogP contribution in [0.1, 0.15) is 46.9 Å². The highest BCUT2D eigenvalue weighted by Crippen LogP contribution is 2.45. The Kier molecular flexibility index (Phi) is 4.98. The van der Waals surface area contributed by atoms with E-state index in [4.69, 9.17) is 0 Å². The largest absolute Gasteiger partial charge is 0.327 e. The summed E-state index contributed by atoms with van der Waals surface area (Å²) in [4.78, 5) is 19.9. The fraction of sp³-hybridized carbons (Fsp3) is 0.280. The lowest BCUT2D eigenvalue weighted by molar-refractivity contribution is 0.0391. The number of aromatic nitrogens is 5. The monoisotopic (exact) mass is 478 g/mol. The van der Waals surface area contributed by atoms with Crippen molar-refractivity contribution in [1.29, 1.82) is 0 Å². The molecule has 5 heterocycles. The fourth-order valence-electron chi connectivity index (χ4n) is 5.40. The highest BCUT2D eigenvalue weighted by Gasteiger charge is 2.43. The minimum Gasteiger partial charge on any atom is -0.327 e. The summed E-state index contributed by atoms with van der Waals surface area (Å²) in [6, 6.07) is 6.94. The Morgan fingerprint density at radius 1 is 1.11 bits per heavy atom. The van der Waals surface area contributed by atoms with Gasteiger partial charge in [0, 0.05) is 42.8 Å². The second-order valence-electron chi connectivity index (χ2n) is 8.96. The molecule has 4 aromatic rings. The lowest BCUT2D eigenvalue weighted by Crippen LogP contribution is -2.49. The van der Waals surface area contributed by atoms with Crippen molar-refractivity contribution in [3.8, 4) is 17.1 Å². The number of piperidine rings is 1. The van der Waals surface area contributed by atoms with Gasteiger partial charge in [0.15, 0.2) is 23.3 Å². The summed E-state index contributed by atoms with van der Waals surface area (Å²) in [5.41, 5.74) is 2.82. The van der Waals surface area contributed by atoms with Crippen LogP contribution in [0.25, 0.3) is 17.1 Å². The van der Waals surface area contributed by atoms with Crippen molar-refractivity contribution in [3.63, 3.8) is 0 Å². The smallest absolute Gasteiger partial charge is 0.256 e. The molecule has 35 heavy (non-hydrogen) atoms. The summed E-state index contributed by atoms with van der Waals surface area (Å²) in [6.45, 7) is 0. The molecule has 1 saturated heterocycles. The van der Waals surface area contributed by atoms with Gasteiger partial charge in [-0.25, -0.2) is 22.8 Å². The quantitative estimate of drug-likeness (QED) is 0.410. The second kappa shape index (κ2) is 8.07. The Hall–Kier alpha value is -3.95. The number of amides is 1. The number of fused-ring (bicyclic) bond motifs is 4. The summed E-state index contributed by atoms with van der Waals surface area (Å²) < 4.78 is 44.7. The first-order valence-electron chi connectivity index (χ1n) is 11.4. The SMILES string of the molecule is Cn1nc2c(c1-c1cc(F)c(F)c(F)c1)CC1CCCC2N1C(=O)c1ccc(-n2cccn2)nc1. The van der Waals surface area contributed by atoms with Crippen molar-refractivity contribution in [1.82, 2.24) is 29.4 Å². The third kappa shape index (κ3) is 3.43. The average Bonchev–Trinajstić information content (AvgIpc) is 3.50. The highest BCUT2D eigenvalue weighted by atomic mass is 19.2. The third-order valence-corrected chi connectivity index (χ3v) is 6.90. The average molecular weight is 478 g/mol. The molecule has 2 bridgehead atoms. The van der Waals surface area contributed by atoms with Crippen molar-refractivity contribution in [2.75, 3.05) is 0 Å². The number of halogens is 3. The Morgan fingerprint density at radius 2 is 1.91 bits per heavy atom. The van der Waals surface area contributed by atoms with E-state index in [0.29, 0.717) is 23.5 Å². The molecule has 7 nitrogen and oxygen atoms in total. The van der Waals surface area contributed by atoms with E-state index in [0.717, 1.165) is 42.7 Å². The van der Waals surface area contributed by atoms with E-state index >= 15 is 0 Å². The molecule has 3 aromatic heterocycles. The summed E-state index contributed by atoms with van der Waals surface area (Å²) >= 11 is 0. The van der Waals surface area contributed by atoms with Gasteiger partial charge in [-0.05, 0) is 56.0 Å².